The van der Waals surface area contributed by atoms with E-state index in [9.17, 15) is 4.79 Å². The highest BCUT2D eigenvalue weighted by Gasteiger charge is 2.14. The number of nitrogens with one attached hydrogen (secondary N) is 2. The molecule has 0 atom stereocenters. The van der Waals surface area contributed by atoms with Crippen LogP contribution in [-0.4, -0.2) is 17.4 Å². The van der Waals surface area contributed by atoms with Crippen LogP contribution in [0.3, 0.4) is 0 Å². The van der Waals surface area contributed by atoms with E-state index in [-0.39, 0.29) is 5.91 Å². The number of carbonyl (C=O) groups excluding carboxylic acids is 1. The van der Waals surface area contributed by atoms with Gasteiger partial charge in [0.25, 0.3) is 5.91 Å². The molecule has 2 aromatic heterocycles. The summed E-state index contributed by atoms with van der Waals surface area (Å²) in [5, 5.41) is 6.98. The van der Waals surface area contributed by atoms with Gasteiger partial charge >= 0.3 is 0 Å². The van der Waals surface area contributed by atoms with Gasteiger partial charge in [-0.1, -0.05) is 13.0 Å². The normalized spacial score (nSPS) is 10.4. The number of hydrogen-bond donors (Lipinski definition) is 3. The summed E-state index contributed by atoms with van der Waals surface area (Å²) in [5.74, 6) is -0.110. The van der Waals surface area contributed by atoms with Crippen LogP contribution < -0.4 is 16.4 Å². The van der Waals surface area contributed by atoms with E-state index in [4.69, 9.17) is 5.73 Å². The van der Waals surface area contributed by atoms with Crippen molar-refractivity contribution in [1.29, 1.82) is 0 Å². The van der Waals surface area contributed by atoms with E-state index in [0.29, 0.717) is 23.7 Å². The quantitative estimate of drug-likeness (QED) is 0.766. The van der Waals surface area contributed by atoms with Gasteiger partial charge in [0, 0.05) is 12.7 Å². The van der Waals surface area contributed by atoms with Gasteiger partial charge in [-0.05, 0) is 31.0 Å². The summed E-state index contributed by atoms with van der Waals surface area (Å²) in [6.45, 7) is 5.31. The Hall–Kier alpha value is -2.08. The Morgan fingerprint density at radius 1 is 1.48 bits per heavy atom. The van der Waals surface area contributed by atoms with Crippen LogP contribution in [0, 0.1) is 6.92 Å². The summed E-state index contributed by atoms with van der Waals surface area (Å²) in [6.07, 6.45) is 2.68. The zero-order chi connectivity index (χ0) is 15.2. The second-order valence-corrected chi connectivity index (χ2v) is 5.82. The number of carbonyl (C=O) groups is 1. The van der Waals surface area contributed by atoms with Gasteiger partial charge < -0.3 is 16.4 Å². The van der Waals surface area contributed by atoms with Gasteiger partial charge in [-0.15, -0.1) is 11.3 Å². The van der Waals surface area contributed by atoms with Crippen molar-refractivity contribution < 1.29 is 4.79 Å². The highest BCUT2D eigenvalue weighted by Crippen LogP contribution is 2.29. The number of nitrogen functional groups attached to an aromatic ring is 1. The van der Waals surface area contributed by atoms with Gasteiger partial charge in [0.05, 0.1) is 22.9 Å². The van der Waals surface area contributed by atoms with Gasteiger partial charge in [0.2, 0.25) is 0 Å². The average Bonchev–Trinajstić information content (AvgIpc) is 2.85. The molecule has 0 aliphatic carbocycles. The van der Waals surface area contributed by atoms with Crippen molar-refractivity contribution in [3.05, 3.63) is 40.5 Å². The molecule has 2 aromatic rings. The molecule has 0 saturated heterocycles. The van der Waals surface area contributed by atoms with Crippen LogP contribution in [0.15, 0.2) is 24.4 Å². The van der Waals surface area contributed by atoms with Crippen molar-refractivity contribution in [2.45, 2.75) is 26.8 Å². The topological polar surface area (TPSA) is 80.0 Å². The smallest absolute Gasteiger partial charge is 0.263 e. The van der Waals surface area contributed by atoms with E-state index in [1.807, 2.05) is 26.0 Å². The van der Waals surface area contributed by atoms with E-state index in [2.05, 4.69) is 15.6 Å². The summed E-state index contributed by atoms with van der Waals surface area (Å²) >= 11 is 1.37. The van der Waals surface area contributed by atoms with E-state index >= 15 is 0 Å². The Labute approximate surface area is 128 Å². The molecule has 4 N–H and O–H groups in total. The minimum Gasteiger partial charge on any atom is -0.397 e. The van der Waals surface area contributed by atoms with Crippen molar-refractivity contribution in [2.75, 3.05) is 17.6 Å². The summed E-state index contributed by atoms with van der Waals surface area (Å²) < 4.78 is 0. The van der Waals surface area contributed by atoms with E-state index in [1.54, 1.807) is 12.3 Å². The van der Waals surface area contributed by atoms with E-state index in [1.165, 1.54) is 11.3 Å². The molecule has 0 unspecified atom stereocenters. The van der Waals surface area contributed by atoms with Crippen LogP contribution in [0.5, 0.6) is 0 Å². The number of aryl methyl sites for hydroxylation is 1. The van der Waals surface area contributed by atoms with Gasteiger partial charge in [-0.25, -0.2) is 0 Å². The number of amides is 1. The maximum atomic E-state index is 11.9. The average molecular weight is 304 g/mol. The van der Waals surface area contributed by atoms with Crippen molar-refractivity contribution in [3.8, 4) is 0 Å². The largest absolute Gasteiger partial charge is 0.397 e. The predicted molar refractivity (Wildman–Crippen MR) is 87.7 cm³/mol. The van der Waals surface area contributed by atoms with Gasteiger partial charge in [-0.3, -0.25) is 9.78 Å². The molecule has 5 nitrogen and oxygen atoms in total. The highest BCUT2D eigenvalue weighted by atomic mass is 32.1. The molecule has 0 aliphatic heterocycles. The van der Waals surface area contributed by atoms with Crippen LogP contribution in [0.1, 0.15) is 34.3 Å². The lowest BCUT2D eigenvalue weighted by atomic mass is 10.2. The molecule has 0 fully saturated rings. The first kappa shape index (κ1) is 15.3. The lowest BCUT2D eigenvalue weighted by Crippen LogP contribution is -2.23. The molecular weight excluding hydrogens is 284 g/mol. The Balaban J connectivity index is 2.02. The molecule has 0 bridgehead atoms. The molecule has 0 saturated carbocycles. The molecule has 0 aliphatic rings. The molecule has 1 amide bonds. The molecule has 21 heavy (non-hydrogen) atoms. The number of aromatic nitrogens is 1. The monoisotopic (exact) mass is 304 g/mol. The molecular formula is C15H20N4OS. The third-order valence-electron chi connectivity index (χ3n) is 3.05. The van der Waals surface area contributed by atoms with Crippen LogP contribution >= 0.6 is 11.3 Å². The minimum absolute atomic E-state index is 0.110. The standard InChI is InChI=1S/C15H20N4OS/c1-3-6-18-15(20)14-11(16)8-13(21-14)19-9-12-10(2)5-4-7-17-12/h4-5,7-8,19H,3,6,9,16H2,1-2H3,(H,18,20). The number of anilines is 2. The van der Waals surface area contributed by atoms with E-state index in [0.717, 1.165) is 22.7 Å². The van der Waals surface area contributed by atoms with Gasteiger partial charge in [0.15, 0.2) is 0 Å². The Morgan fingerprint density at radius 3 is 3.00 bits per heavy atom. The molecule has 0 spiro atoms. The first-order valence-electron chi connectivity index (χ1n) is 6.93. The Morgan fingerprint density at radius 2 is 2.29 bits per heavy atom. The summed E-state index contributed by atoms with van der Waals surface area (Å²) in [6, 6.07) is 5.73. The fourth-order valence-electron chi connectivity index (χ4n) is 1.86. The molecule has 0 radical (unpaired) electrons. The van der Waals surface area contributed by atoms with E-state index < -0.39 is 0 Å². The number of nitrogens with zero attached hydrogens (tertiary/aromatic N) is 1. The van der Waals surface area contributed by atoms with Crippen LogP contribution in [0.2, 0.25) is 0 Å². The zero-order valence-electron chi connectivity index (χ0n) is 12.3. The second kappa shape index (κ2) is 7.08. The molecule has 112 valence electrons. The number of thiophene rings is 1. The van der Waals surface area contributed by atoms with Crippen LogP contribution in [-0.2, 0) is 6.54 Å². The summed E-state index contributed by atoms with van der Waals surface area (Å²) in [5.41, 5.74) is 8.54. The zero-order valence-corrected chi connectivity index (χ0v) is 13.1. The molecule has 2 rings (SSSR count). The van der Waals surface area contributed by atoms with Crippen molar-refractivity contribution in [1.82, 2.24) is 10.3 Å². The lowest BCUT2D eigenvalue weighted by molar-refractivity contribution is 0.0958. The summed E-state index contributed by atoms with van der Waals surface area (Å²) in [4.78, 5) is 16.8. The third-order valence-corrected chi connectivity index (χ3v) is 4.16. The Bertz CT molecular complexity index is 624. The molecule has 0 aromatic carbocycles. The second-order valence-electron chi connectivity index (χ2n) is 4.77. The first-order chi connectivity index (χ1) is 10.1. The fourth-order valence-corrected chi connectivity index (χ4v) is 2.75. The number of rotatable bonds is 6. The van der Waals surface area contributed by atoms with Crippen molar-refractivity contribution in [2.24, 2.45) is 0 Å². The maximum absolute atomic E-state index is 11.9. The lowest BCUT2D eigenvalue weighted by Gasteiger charge is -2.05. The number of hydrogen-bond acceptors (Lipinski definition) is 5. The third kappa shape index (κ3) is 3.95. The number of pyridine rings is 1. The fraction of sp³-hybridized carbons (Fsp3) is 0.333. The SMILES string of the molecule is CCCNC(=O)c1sc(NCc2ncccc2C)cc1N. The minimum atomic E-state index is -0.110. The van der Waals surface area contributed by atoms with Crippen molar-refractivity contribution >= 4 is 27.9 Å². The van der Waals surface area contributed by atoms with Crippen LogP contribution in [0.25, 0.3) is 0 Å². The first-order valence-corrected chi connectivity index (χ1v) is 7.75. The van der Waals surface area contributed by atoms with Gasteiger partial charge in [0.1, 0.15) is 4.88 Å². The molecule has 2 heterocycles. The Kier molecular flexibility index (Phi) is 5.16. The highest BCUT2D eigenvalue weighted by molar-refractivity contribution is 7.18. The predicted octanol–water partition coefficient (Wildman–Crippen LogP) is 2.79. The summed E-state index contributed by atoms with van der Waals surface area (Å²) in [7, 11) is 0. The molecule has 6 heteroatoms. The maximum Gasteiger partial charge on any atom is 0.263 e. The van der Waals surface area contributed by atoms with Crippen molar-refractivity contribution in [3.63, 3.8) is 0 Å². The number of nitrogens with two attached hydrogens (primary N) is 1. The van der Waals surface area contributed by atoms with Gasteiger partial charge in [-0.2, -0.15) is 0 Å². The van der Waals surface area contributed by atoms with Crippen LogP contribution in [0.4, 0.5) is 10.7 Å².